The van der Waals surface area contributed by atoms with Crippen LogP contribution in [-0.2, 0) is 21.2 Å². The number of likely N-dealkylation sites (N-methyl/N-ethyl adjacent to an activating group) is 1. The molecule has 0 radical (unpaired) electrons. The molecule has 0 bridgehead atoms. The molecule has 22 heavy (non-hydrogen) atoms. The summed E-state index contributed by atoms with van der Waals surface area (Å²) in [5.74, 6) is -0.00804. The Bertz CT molecular complexity index is 661. The maximum absolute atomic E-state index is 12.1. The fourth-order valence-corrected chi connectivity index (χ4v) is 3.91. The van der Waals surface area contributed by atoms with Gasteiger partial charge in [-0.25, -0.2) is 8.42 Å². The standard InChI is InChI=1S/C15H21ClN2O3S/c1-3-22(20,21)13-8-11(7-12(16)9-13)10-17-15(19)14-5-4-6-18(14)2/h7-9,14H,3-6,10H2,1-2H3,(H,17,19). The first-order chi connectivity index (χ1) is 10.3. The van der Waals surface area contributed by atoms with Gasteiger partial charge < -0.3 is 5.32 Å². The van der Waals surface area contributed by atoms with E-state index in [4.69, 9.17) is 11.6 Å². The molecule has 0 aromatic heterocycles. The van der Waals surface area contributed by atoms with E-state index in [1.54, 1.807) is 19.1 Å². The molecule has 0 spiro atoms. The van der Waals surface area contributed by atoms with Crippen molar-refractivity contribution in [3.8, 4) is 0 Å². The monoisotopic (exact) mass is 344 g/mol. The zero-order valence-corrected chi connectivity index (χ0v) is 14.4. The lowest BCUT2D eigenvalue weighted by Gasteiger charge is -2.18. The molecular weight excluding hydrogens is 324 g/mol. The summed E-state index contributed by atoms with van der Waals surface area (Å²) in [4.78, 5) is 14.4. The minimum absolute atomic E-state index is 0.0199. The van der Waals surface area contributed by atoms with Crippen molar-refractivity contribution in [2.45, 2.75) is 37.2 Å². The van der Waals surface area contributed by atoms with Gasteiger partial charge in [0, 0.05) is 11.6 Å². The first-order valence-electron chi connectivity index (χ1n) is 7.33. The zero-order chi connectivity index (χ0) is 16.3. The summed E-state index contributed by atoms with van der Waals surface area (Å²) in [7, 11) is -1.38. The van der Waals surface area contributed by atoms with Crippen molar-refractivity contribution in [3.05, 3.63) is 28.8 Å². The second-order valence-electron chi connectivity index (χ2n) is 5.56. The van der Waals surface area contributed by atoms with E-state index in [0.29, 0.717) is 10.6 Å². The van der Waals surface area contributed by atoms with Crippen molar-refractivity contribution in [1.82, 2.24) is 10.2 Å². The van der Waals surface area contributed by atoms with E-state index in [-0.39, 0.29) is 29.1 Å². The second kappa shape index (κ2) is 6.98. The van der Waals surface area contributed by atoms with Crippen molar-refractivity contribution in [2.24, 2.45) is 0 Å². The highest BCUT2D eigenvalue weighted by atomic mass is 35.5. The van der Waals surface area contributed by atoms with Gasteiger partial charge in [0.1, 0.15) is 0 Å². The summed E-state index contributed by atoms with van der Waals surface area (Å²) in [6.07, 6.45) is 1.87. The van der Waals surface area contributed by atoms with Crippen LogP contribution in [0.4, 0.5) is 0 Å². The fourth-order valence-electron chi connectivity index (χ4n) is 2.62. The molecule has 1 aliphatic heterocycles. The normalized spacial score (nSPS) is 19.3. The topological polar surface area (TPSA) is 66.5 Å². The van der Waals surface area contributed by atoms with Crippen LogP contribution < -0.4 is 5.32 Å². The zero-order valence-electron chi connectivity index (χ0n) is 12.8. The summed E-state index contributed by atoms with van der Waals surface area (Å²) in [5, 5.41) is 3.22. The molecule has 1 amide bonds. The number of halogens is 1. The Balaban J connectivity index is 2.08. The molecule has 1 aromatic rings. The molecule has 0 aliphatic carbocycles. The van der Waals surface area contributed by atoms with Crippen molar-refractivity contribution in [3.63, 3.8) is 0 Å². The highest BCUT2D eigenvalue weighted by molar-refractivity contribution is 7.91. The third-order valence-corrected chi connectivity index (χ3v) is 5.89. The summed E-state index contributed by atoms with van der Waals surface area (Å²) < 4.78 is 23.9. The molecule has 2 rings (SSSR count). The number of likely N-dealkylation sites (tertiary alicyclic amines) is 1. The van der Waals surface area contributed by atoms with Gasteiger partial charge in [0.25, 0.3) is 0 Å². The van der Waals surface area contributed by atoms with E-state index in [1.165, 1.54) is 6.07 Å². The Hall–Kier alpha value is -1.11. The number of carbonyl (C=O) groups is 1. The van der Waals surface area contributed by atoms with Gasteiger partial charge in [-0.3, -0.25) is 9.69 Å². The van der Waals surface area contributed by atoms with E-state index in [9.17, 15) is 13.2 Å². The van der Waals surface area contributed by atoms with Gasteiger partial charge in [0.2, 0.25) is 5.91 Å². The molecular formula is C15H21ClN2O3S. The molecule has 1 aromatic carbocycles. The Morgan fingerprint density at radius 1 is 1.41 bits per heavy atom. The molecule has 122 valence electrons. The van der Waals surface area contributed by atoms with Crippen LogP contribution in [0.25, 0.3) is 0 Å². The largest absolute Gasteiger partial charge is 0.351 e. The molecule has 1 aliphatic rings. The average molecular weight is 345 g/mol. The van der Waals surface area contributed by atoms with Gasteiger partial charge in [-0.05, 0) is 50.2 Å². The number of amides is 1. The maximum atomic E-state index is 12.1. The first kappa shape index (κ1) is 17.2. The molecule has 1 unspecified atom stereocenters. The van der Waals surface area contributed by atoms with Crippen molar-refractivity contribution in [2.75, 3.05) is 19.3 Å². The molecule has 7 heteroatoms. The van der Waals surface area contributed by atoms with Gasteiger partial charge in [-0.15, -0.1) is 0 Å². The van der Waals surface area contributed by atoms with Crippen molar-refractivity contribution < 1.29 is 13.2 Å². The number of hydrogen-bond acceptors (Lipinski definition) is 4. The van der Waals surface area contributed by atoms with Gasteiger partial charge >= 0.3 is 0 Å². The first-order valence-corrected chi connectivity index (χ1v) is 9.36. The van der Waals surface area contributed by atoms with E-state index >= 15 is 0 Å². The number of carbonyl (C=O) groups excluding carboxylic acids is 1. The molecule has 1 saturated heterocycles. The van der Waals surface area contributed by atoms with E-state index in [2.05, 4.69) is 5.32 Å². The van der Waals surface area contributed by atoms with Gasteiger partial charge in [0.15, 0.2) is 9.84 Å². The fraction of sp³-hybridized carbons (Fsp3) is 0.533. The third kappa shape index (κ3) is 4.00. The summed E-state index contributed by atoms with van der Waals surface area (Å²) in [5.41, 5.74) is 0.688. The highest BCUT2D eigenvalue weighted by Gasteiger charge is 2.27. The molecule has 1 atom stereocenters. The summed E-state index contributed by atoms with van der Waals surface area (Å²) >= 11 is 5.99. The second-order valence-corrected chi connectivity index (χ2v) is 8.27. The van der Waals surface area contributed by atoms with Crippen LogP contribution in [0.3, 0.4) is 0 Å². The Labute approximate surface area is 136 Å². The van der Waals surface area contributed by atoms with Gasteiger partial charge in [-0.1, -0.05) is 18.5 Å². The Morgan fingerprint density at radius 3 is 2.73 bits per heavy atom. The third-order valence-electron chi connectivity index (χ3n) is 3.96. The van der Waals surface area contributed by atoms with Crippen LogP contribution in [0, 0.1) is 0 Å². The number of hydrogen-bond donors (Lipinski definition) is 1. The van der Waals surface area contributed by atoms with Crippen molar-refractivity contribution in [1.29, 1.82) is 0 Å². The number of benzene rings is 1. The molecule has 1 N–H and O–H groups in total. The van der Waals surface area contributed by atoms with Crippen LogP contribution >= 0.6 is 11.6 Å². The molecule has 0 saturated carbocycles. The lowest BCUT2D eigenvalue weighted by molar-refractivity contribution is -0.125. The molecule has 1 heterocycles. The number of sulfone groups is 1. The minimum atomic E-state index is -3.31. The minimum Gasteiger partial charge on any atom is -0.351 e. The lowest BCUT2D eigenvalue weighted by Crippen LogP contribution is -2.41. The van der Waals surface area contributed by atoms with Crippen LogP contribution in [0.5, 0.6) is 0 Å². The average Bonchev–Trinajstić information content (AvgIpc) is 2.90. The number of nitrogens with zero attached hydrogens (tertiary/aromatic N) is 1. The smallest absolute Gasteiger partial charge is 0.237 e. The lowest BCUT2D eigenvalue weighted by atomic mass is 10.2. The van der Waals surface area contributed by atoms with Crippen molar-refractivity contribution >= 4 is 27.3 Å². The van der Waals surface area contributed by atoms with E-state index < -0.39 is 9.84 Å². The predicted molar refractivity (Wildman–Crippen MR) is 86.7 cm³/mol. The highest BCUT2D eigenvalue weighted by Crippen LogP contribution is 2.20. The van der Waals surface area contributed by atoms with Crippen LogP contribution in [0.2, 0.25) is 5.02 Å². The number of nitrogens with one attached hydrogen (secondary N) is 1. The predicted octanol–water partition coefficient (Wildman–Crippen LogP) is 1.84. The summed E-state index contributed by atoms with van der Waals surface area (Å²) in [6, 6.07) is 4.59. The van der Waals surface area contributed by atoms with Gasteiger partial charge in [0.05, 0.1) is 16.7 Å². The van der Waals surface area contributed by atoms with Crippen LogP contribution in [0.1, 0.15) is 25.3 Å². The van der Waals surface area contributed by atoms with E-state index in [1.807, 2.05) is 11.9 Å². The Kier molecular flexibility index (Phi) is 5.47. The quantitative estimate of drug-likeness (QED) is 0.885. The van der Waals surface area contributed by atoms with E-state index in [0.717, 1.165) is 19.4 Å². The molecule has 5 nitrogen and oxygen atoms in total. The van der Waals surface area contributed by atoms with Crippen LogP contribution in [0.15, 0.2) is 23.1 Å². The van der Waals surface area contributed by atoms with Crippen LogP contribution in [-0.4, -0.2) is 44.6 Å². The SMILES string of the molecule is CCS(=O)(=O)c1cc(Cl)cc(CNC(=O)C2CCCN2C)c1. The van der Waals surface area contributed by atoms with Gasteiger partial charge in [-0.2, -0.15) is 0 Å². The molecule has 1 fully saturated rings. The maximum Gasteiger partial charge on any atom is 0.237 e. The number of rotatable bonds is 5. The Morgan fingerprint density at radius 2 is 2.14 bits per heavy atom. The summed E-state index contributed by atoms with van der Waals surface area (Å²) in [6.45, 7) is 2.79.